The van der Waals surface area contributed by atoms with E-state index in [1.54, 1.807) is 0 Å². The average molecular weight is 159 g/mol. The monoisotopic (exact) mass is 159 g/mol. The second kappa shape index (κ2) is 2.76. The first-order valence-electron chi connectivity index (χ1n) is 4.28. The van der Waals surface area contributed by atoms with Crippen molar-refractivity contribution in [3.05, 3.63) is 40.5 Å². The molecule has 0 spiro atoms. The van der Waals surface area contributed by atoms with Crippen molar-refractivity contribution in [2.75, 3.05) is 6.54 Å². The van der Waals surface area contributed by atoms with Crippen molar-refractivity contribution in [1.29, 1.82) is 0 Å². The molecule has 0 aromatic heterocycles. The lowest BCUT2D eigenvalue weighted by Crippen LogP contribution is -2.02. The zero-order chi connectivity index (χ0) is 8.55. The average Bonchev–Trinajstić information content (AvgIpc) is 2.46. The van der Waals surface area contributed by atoms with Crippen LogP contribution in [0.15, 0.2) is 23.8 Å². The van der Waals surface area contributed by atoms with Gasteiger partial charge in [0.25, 0.3) is 0 Å². The molecule has 0 amide bonds. The highest BCUT2D eigenvalue weighted by molar-refractivity contribution is 5.64. The molecule has 1 aliphatic carbocycles. The maximum atomic E-state index is 5.58. The molecule has 1 heteroatoms. The van der Waals surface area contributed by atoms with Gasteiger partial charge >= 0.3 is 0 Å². The molecule has 1 aromatic rings. The summed E-state index contributed by atoms with van der Waals surface area (Å²) in [5.74, 6) is 0. The van der Waals surface area contributed by atoms with E-state index >= 15 is 0 Å². The molecule has 0 bridgehead atoms. The largest absolute Gasteiger partial charge is 0.327 e. The summed E-state index contributed by atoms with van der Waals surface area (Å²) in [6.45, 7) is 2.81. The summed E-state index contributed by atoms with van der Waals surface area (Å²) in [5.41, 5.74) is 11.0. The lowest BCUT2D eigenvalue weighted by atomic mass is 10.1. The number of rotatable bonds is 1. The van der Waals surface area contributed by atoms with E-state index in [0.717, 1.165) is 6.42 Å². The minimum Gasteiger partial charge on any atom is -0.327 e. The third-order valence-corrected chi connectivity index (χ3v) is 2.34. The topological polar surface area (TPSA) is 26.0 Å². The normalized spacial score (nSPS) is 14.3. The summed E-state index contributed by atoms with van der Waals surface area (Å²) >= 11 is 0. The Morgan fingerprint density at radius 2 is 2.25 bits per heavy atom. The van der Waals surface area contributed by atoms with Crippen LogP contribution >= 0.6 is 0 Å². The van der Waals surface area contributed by atoms with Gasteiger partial charge in [-0.1, -0.05) is 35.4 Å². The van der Waals surface area contributed by atoms with Crippen molar-refractivity contribution in [1.82, 2.24) is 0 Å². The highest BCUT2D eigenvalue weighted by Crippen LogP contribution is 2.24. The first-order chi connectivity index (χ1) is 5.79. The third-order valence-electron chi connectivity index (χ3n) is 2.34. The van der Waals surface area contributed by atoms with E-state index in [1.165, 1.54) is 22.3 Å². The minimum atomic E-state index is 0.688. The van der Waals surface area contributed by atoms with Crippen LogP contribution in [0.5, 0.6) is 0 Å². The predicted molar refractivity (Wildman–Crippen MR) is 51.9 cm³/mol. The molecule has 0 saturated carbocycles. The molecule has 0 atom stereocenters. The molecule has 1 aromatic carbocycles. The van der Waals surface area contributed by atoms with E-state index in [4.69, 9.17) is 5.73 Å². The van der Waals surface area contributed by atoms with E-state index in [9.17, 15) is 0 Å². The molecule has 0 unspecified atom stereocenters. The van der Waals surface area contributed by atoms with Crippen molar-refractivity contribution in [2.45, 2.75) is 13.3 Å². The molecule has 0 fully saturated rings. The van der Waals surface area contributed by atoms with Crippen molar-refractivity contribution in [2.24, 2.45) is 5.73 Å². The van der Waals surface area contributed by atoms with Gasteiger partial charge in [0.15, 0.2) is 0 Å². The van der Waals surface area contributed by atoms with E-state index in [1.807, 2.05) is 0 Å². The van der Waals surface area contributed by atoms with Gasteiger partial charge in [-0.25, -0.2) is 0 Å². The molecule has 2 rings (SSSR count). The molecule has 12 heavy (non-hydrogen) atoms. The molecular weight excluding hydrogens is 146 g/mol. The summed E-state index contributed by atoms with van der Waals surface area (Å²) in [4.78, 5) is 0. The fourth-order valence-electron chi connectivity index (χ4n) is 1.68. The highest BCUT2D eigenvalue weighted by Gasteiger charge is 2.10. The van der Waals surface area contributed by atoms with Crippen LogP contribution in [0, 0.1) is 6.92 Å². The van der Waals surface area contributed by atoms with Crippen LogP contribution in [0.2, 0.25) is 0 Å². The molecule has 0 radical (unpaired) electrons. The van der Waals surface area contributed by atoms with Gasteiger partial charge in [-0.3, -0.25) is 0 Å². The summed E-state index contributed by atoms with van der Waals surface area (Å²) < 4.78 is 0. The number of fused-ring (bicyclic) bond motifs is 1. The molecule has 1 nitrogen and oxygen atoms in total. The molecule has 62 valence electrons. The smallest absolute Gasteiger partial charge is 0.0143 e. The van der Waals surface area contributed by atoms with Gasteiger partial charge in [-0.05, 0) is 24.5 Å². The van der Waals surface area contributed by atoms with Crippen LogP contribution in [-0.4, -0.2) is 6.54 Å². The SMILES string of the molecule is Cc1ccc2c(c1)CC(CN)=C2. The fourth-order valence-corrected chi connectivity index (χ4v) is 1.68. The van der Waals surface area contributed by atoms with Gasteiger partial charge in [0, 0.05) is 6.54 Å². The van der Waals surface area contributed by atoms with Crippen LogP contribution in [-0.2, 0) is 6.42 Å². The number of benzene rings is 1. The Morgan fingerprint density at radius 3 is 3.00 bits per heavy atom. The van der Waals surface area contributed by atoms with Crippen LogP contribution in [0.1, 0.15) is 16.7 Å². The number of hydrogen-bond donors (Lipinski definition) is 1. The van der Waals surface area contributed by atoms with Crippen LogP contribution in [0.25, 0.3) is 6.08 Å². The Kier molecular flexibility index (Phi) is 1.74. The zero-order valence-electron chi connectivity index (χ0n) is 7.30. The summed E-state index contributed by atoms with van der Waals surface area (Å²) in [6.07, 6.45) is 3.25. The third kappa shape index (κ3) is 1.16. The van der Waals surface area contributed by atoms with Crippen LogP contribution < -0.4 is 5.73 Å². The molecule has 2 N–H and O–H groups in total. The molecule has 0 saturated heterocycles. The van der Waals surface area contributed by atoms with Gasteiger partial charge in [0.2, 0.25) is 0 Å². The molecule has 0 heterocycles. The van der Waals surface area contributed by atoms with E-state index < -0.39 is 0 Å². The second-order valence-electron chi connectivity index (χ2n) is 3.39. The summed E-state index contributed by atoms with van der Waals surface area (Å²) in [5, 5.41) is 0. The van der Waals surface area contributed by atoms with Crippen molar-refractivity contribution >= 4 is 6.08 Å². The lowest BCUT2D eigenvalue weighted by Gasteiger charge is -1.99. The lowest BCUT2D eigenvalue weighted by molar-refractivity contribution is 1.07. The van der Waals surface area contributed by atoms with E-state index in [-0.39, 0.29) is 0 Å². The van der Waals surface area contributed by atoms with Crippen molar-refractivity contribution in [3.63, 3.8) is 0 Å². The first kappa shape index (κ1) is 7.56. The molecule has 1 aliphatic rings. The van der Waals surface area contributed by atoms with Gasteiger partial charge < -0.3 is 5.73 Å². The minimum absolute atomic E-state index is 0.688. The number of aryl methyl sites for hydroxylation is 1. The zero-order valence-corrected chi connectivity index (χ0v) is 7.30. The van der Waals surface area contributed by atoms with E-state index in [2.05, 4.69) is 31.2 Å². The maximum absolute atomic E-state index is 5.58. The fraction of sp³-hybridized carbons (Fsp3) is 0.273. The van der Waals surface area contributed by atoms with Gasteiger partial charge in [0.1, 0.15) is 0 Å². The van der Waals surface area contributed by atoms with Gasteiger partial charge in [-0.15, -0.1) is 0 Å². The quantitative estimate of drug-likeness (QED) is 0.665. The summed E-state index contributed by atoms with van der Waals surface area (Å²) in [7, 11) is 0. The number of nitrogens with two attached hydrogens (primary N) is 1. The van der Waals surface area contributed by atoms with Crippen molar-refractivity contribution < 1.29 is 0 Å². The number of hydrogen-bond acceptors (Lipinski definition) is 1. The predicted octanol–water partition coefficient (Wildman–Crippen LogP) is 1.89. The Bertz CT molecular complexity index is 337. The summed E-state index contributed by atoms with van der Waals surface area (Å²) in [6, 6.07) is 6.57. The Hall–Kier alpha value is -1.08. The highest BCUT2D eigenvalue weighted by atomic mass is 14.5. The van der Waals surface area contributed by atoms with E-state index in [0.29, 0.717) is 6.54 Å². The first-order valence-corrected chi connectivity index (χ1v) is 4.28. The van der Waals surface area contributed by atoms with Crippen LogP contribution in [0.4, 0.5) is 0 Å². The second-order valence-corrected chi connectivity index (χ2v) is 3.39. The maximum Gasteiger partial charge on any atom is 0.0143 e. The van der Waals surface area contributed by atoms with Crippen LogP contribution in [0.3, 0.4) is 0 Å². The Balaban J connectivity index is 2.40. The molecule has 0 aliphatic heterocycles. The van der Waals surface area contributed by atoms with Gasteiger partial charge in [-0.2, -0.15) is 0 Å². The standard InChI is InChI=1S/C11H13N/c1-8-2-3-10-5-9(7-12)6-11(10)4-8/h2-5H,6-7,12H2,1H3. The Morgan fingerprint density at radius 1 is 1.42 bits per heavy atom. The van der Waals surface area contributed by atoms with Crippen molar-refractivity contribution in [3.8, 4) is 0 Å². The van der Waals surface area contributed by atoms with Gasteiger partial charge in [0.05, 0.1) is 0 Å². The Labute approximate surface area is 72.9 Å². The molecular formula is C11H13N.